The summed E-state index contributed by atoms with van der Waals surface area (Å²) in [7, 11) is 0. The third-order valence-electron chi connectivity index (χ3n) is 1.19. The highest BCUT2D eigenvalue weighted by atomic mass is 16.3. The summed E-state index contributed by atoms with van der Waals surface area (Å²) in [5, 5.41) is 13.2. The van der Waals surface area contributed by atoms with E-state index in [1.54, 1.807) is 0 Å². The van der Waals surface area contributed by atoms with E-state index in [0.29, 0.717) is 5.82 Å². The molecule has 0 radical (unpaired) electrons. The number of hydrazone groups is 1. The Labute approximate surface area is 69.1 Å². The van der Waals surface area contributed by atoms with E-state index in [1.165, 1.54) is 24.7 Å². The van der Waals surface area contributed by atoms with E-state index in [4.69, 9.17) is 16.8 Å². The van der Waals surface area contributed by atoms with E-state index >= 15 is 0 Å². The van der Waals surface area contributed by atoms with Crippen molar-refractivity contribution >= 4 is 12.2 Å². The van der Waals surface area contributed by atoms with Crippen LogP contribution in [0.15, 0.2) is 23.4 Å². The first-order chi connectivity index (χ1) is 5.74. The zero-order valence-electron chi connectivity index (χ0n) is 6.25. The van der Waals surface area contributed by atoms with Crippen molar-refractivity contribution < 1.29 is 5.11 Å². The van der Waals surface area contributed by atoms with E-state index in [1.807, 2.05) is 0 Å². The van der Waals surface area contributed by atoms with E-state index in [-0.39, 0.29) is 5.75 Å². The first-order valence-electron chi connectivity index (χ1n) is 3.16. The summed E-state index contributed by atoms with van der Waals surface area (Å²) in [5.74, 6) is 10.8. The zero-order chi connectivity index (χ0) is 8.97. The average Bonchev–Trinajstić information content (AvgIpc) is 2.06. The first-order valence-corrected chi connectivity index (χ1v) is 3.16. The van der Waals surface area contributed by atoms with Gasteiger partial charge in [-0.25, -0.2) is 15.8 Å². The first kappa shape index (κ1) is 8.28. The van der Waals surface area contributed by atoms with Crippen molar-refractivity contribution in [1.29, 1.82) is 0 Å². The maximum Gasteiger partial charge on any atom is 0.148 e. The second-order valence-corrected chi connectivity index (χ2v) is 2.05. The van der Waals surface area contributed by atoms with Crippen molar-refractivity contribution in [2.75, 3.05) is 5.01 Å². The summed E-state index contributed by atoms with van der Waals surface area (Å²) >= 11 is 0. The number of aromatic nitrogens is 1. The topological polar surface area (TPSA) is 101 Å². The van der Waals surface area contributed by atoms with Gasteiger partial charge in [-0.1, -0.05) is 0 Å². The Morgan fingerprint density at radius 1 is 1.58 bits per heavy atom. The summed E-state index contributed by atoms with van der Waals surface area (Å²) in [6, 6.07) is 3.00. The predicted molar refractivity (Wildman–Crippen MR) is 45.2 cm³/mol. The molecule has 0 aliphatic carbocycles. The quantitative estimate of drug-likeness (QED) is 0.235. The normalized spacial score (nSPS) is 10.4. The van der Waals surface area contributed by atoms with E-state index in [2.05, 4.69) is 10.1 Å². The molecule has 5 N–H and O–H groups in total. The van der Waals surface area contributed by atoms with Crippen molar-refractivity contribution in [2.45, 2.75) is 0 Å². The number of aromatic hydroxyl groups is 1. The summed E-state index contributed by atoms with van der Waals surface area (Å²) in [6.45, 7) is 0. The lowest BCUT2D eigenvalue weighted by molar-refractivity contribution is 0.473. The van der Waals surface area contributed by atoms with E-state index in [9.17, 15) is 0 Å². The third kappa shape index (κ3) is 1.83. The minimum atomic E-state index is 0.0804. The molecule has 12 heavy (non-hydrogen) atoms. The van der Waals surface area contributed by atoms with Crippen molar-refractivity contribution in [1.82, 2.24) is 4.98 Å². The van der Waals surface area contributed by atoms with Crippen LogP contribution in [-0.4, -0.2) is 16.4 Å². The molecule has 6 nitrogen and oxygen atoms in total. The van der Waals surface area contributed by atoms with Crippen LogP contribution < -0.4 is 16.7 Å². The smallest absolute Gasteiger partial charge is 0.148 e. The van der Waals surface area contributed by atoms with Crippen LogP contribution in [0.3, 0.4) is 0 Å². The van der Waals surface area contributed by atoms with Gasteiger partial charge in [0.1, 0.15) is 17.9 Å². The molecule has 0 saturated heterocycles. The molecule has 64 valence electrons. The van der Waals surface area contributed by atoms with Gasteiger partial charge in [0.05, 0.1) is 6.20 Å². The van der Waals surface area contributed by atoms with Gasteiger partial charge < -0.3 is 10.9 Å². The molecule has 0 aliphatic rings. The van der Waals surface area contributed by atoms with Gasteiger partial charge in [-0.2, -0.15) is 5.10 Å². The average molecular weight is 167 g/mol. The van der Waals surface area contributed by atoms with Crippen LogP contribution in [0.2, 0.25) is 0 Å². The fraction of sp³-hybridized carbons (Fsp3) is 0. The number of nitrogens with zero attached hydrogens (tertiary/aromatic N) is 3. The minimum Gasteiger partial charge on any atom is -0.506 e. The van der Waals surface area contributed by atoms with E-state index < -0.39 is 0 Å². The predicted octanol–water partition coefficient (Wildman–Crippen LogP) is -0.631. The van der Waals surface area contributed by atoms with Crippen LogP contribution in [0.5, 0.6) is 5.75 Å². The number of rotatable bonds is 2. The summed E-state index contributed by atoms with van der Waals surface area (Å²) < 4.78 is 0. The number of hydrazine groups is 1. The van der Waals surface area contributed by atoms with Crippen LogP contribution in [0.4, 0.5) is 5.82 Å². The molecule has 0 aliphatic heterocycles. The molecule has 0 aromatic carbocycles. The molecular weight excluding hydrogens is 158 g/mol. The molecule has 1 heterocycles. The largest absolute Gasteiger partial charge is 0.506 e. The molecule has 0 unspecified atom stereocenters. The summed E-state index contributed by atoms with van der Waals surface area (Å²) in [6.07, 6.45) is 2.49. The summed E-state index contributed by atoms with van der Waals surface area (Å²) in [5.41, 5.74) is 0. The second kappa shape index (κ2) is 3.54. The Morgan fingerprint density at radius 3 is 2.83 bits per heavy atom. The molecular formula is C6H9N5O. The second-order valence-electron chi connectivity index (χ2n) is 2.05. The molecule has 0 bridgehead atoms. The monoisotopic (exact) mass is 167 g/mol. The highest BCUT2D eigenvalue weighted by Crippen LogP contribution is 2.10. The third-order valence-corrected chi connectivity index (χ3v) is 1.19. The lowest BCUT2D eigenvalue weighted by Gasteiger charge is -2.09. The minimum absolute atomic E-state index is 0.0804. The van der Waals surface area contributed by atoms with Crippen LogP contribution in [0.1, 0.15) is 0 Å². The molecule has 1 aromatic heterocycles. The fourth-order valence-electron chi connectivity index (χ4n) is 0.662. The van der Waals surface area contributed by atoms with Crippen molar-refractivity contribution in [3.05, 3.63) is 18.3 Å². The number of hydrogen-bond acceptors (Lipinski definition) is 5. The maximum atomic E-state index is 8.89. The highest BCUT2D eigenvalue weighted by molar-refractivity contribution is 5.75. The number of anilines is 1. The molecule has 6 heteroatoms. The lowest BCUT2D eigenvalue weighted by Crippen LogP contribution is -2.30. The molecule has 1 rings (SSSR count). The molecule has 1 aromatic rings. The Bertz CT molecular complexity index is 270. The van der Waals surface area contributed by atoms with Crippen LogP contribution in [0.25, 0.3) is 0 Å². The van der Waals surface area contributed by atoms with Gasteiger partial charge in [0.25, 0.3) is 0 Å². The Kier molecular flexibility index (Phi) is 2.44. The zero-order valence-corrected chi connectivity index (χ0v) is 6.25. The maximum absolute atomic E-state index is 8.89. The summed E-state index contributed by atoms with van der Waals surface area (Å²) in [4.78, 5) is 3.80. The number of pyridine rings is 1. The highest BCUT2D eigenvalue weighted by Gasteiger charge is 1.98. The standard InChI is InChI=1S/C6H9N5O/c7-10-4-11(8)6-2-1-5(12)3-9-6/h1-4,12H,7-8H2/b10-4-. The van der Waals surface area contributed by atoms with Crippen LogP contribution in [-0.2, 0) is 0 Å². The number of nitrogens with two attached hydrogens (primary N) is 2. The molecule has 0 amide bonds. The van der Waals surface area contributed by atoms with Gasteiger partial charge >= 0.3 is 0 Å². The van der Waals surface area contributed by atoms with E-state index in [0.717, 1.165) is 5.01 Å². The van der Waals surface area contributed by atoms with Crippen LogP contribution >= 0.6 is 0 Å². The lowest BCUT2D eigenvalue weighted by atomic mass is 10.4. The Hall–Kier alpha value is -1.82. The van der Waals surface area contributed by atoms with Crippen LogP contribution in [0, 0.1) is 0 Å². The Morgan fingerprint density at radius 2 is 2.33 bits per heavy atom. The molecule has 0 saturated carbocycles. The van der Waals surface area contributed by atoms with Crippen molar-refractivity contribution in [3.8, 4) is 5.75 Å². The number of hydrogen-bond donors (Lipinski definition) is 3. The van der Waals surface area contributed by atoms with Gasteiger partial charge in [0.15, 0.2) is 0 Å². The Balaban J connectivity index is 2.82. The van der Waals surface area contributed by atoms with Gasteiger partial charge in [-0.3, -0.25) is 0 Å². The van der Waals surface area contributed by atoms with Crippen molar-refractivity contribution in [3.63, 3.8) is 0 Å². The molecule has 0 fully saturated rings. The van der Waals surface area contributed by atoms with Gasteiger partial charge in [-0.15, -0.1) is 0 Å². The molecule has 0 atom stereocenters. The fourth-order valence-corrected chi connectivity index (χ4v) is 0.662. The van der Waals surface area contributed by atoms with Gasteiger partial charge in [0.2, 0.25) is 0 Å². The van der Waals surface area contributed by atoms with Gasteiger partial charge in [-0.05, 0) is 12.1 Å². The molecule has 0 spiro atoms. The van der Waals surface area contributed by atoms with Gasteiger partial charge in [0, 0.05) is 0 Å². The SMILES string of the molecule is N/N=C\N(N)c1ccc(O)cn1. The van der Waals surface area contributed by atoms with Crippen molar-refractivity contribution in [2.24, 2.45) is 16.8 Å².